The Hall–Kier alpha value is -0.910. The summed E-state index contributed by atoms with van der Waals surface area (Å²) in [7, 11) is -3.32. The van der Waals surface area contributed by atoms with E-state index in [1.165, 1.54) is 11.3 Å². The molecule has 1 saturated heterocycles. The van der Waals surface area contributed by atoms with Crippen molar-refractivity contribution in [1.82, 2.24) is 4.31 Å². The standard InChI is InChI=1S/C13H15NO2S2/c15-18(16,13-8-4-10-17-13)14-9-3-6-11-5-1-2-7-12(11)14/h1-2,4-5,7-8,10-12H,3,6,9H2/t11-,12-/m1/s1. The smallest absolute Gasteiger partial charge is 0.206 e. The predicted molar refractivity (Wildman–Crippen MR) is 73.0 cm³/mol. The van der Waals surface area contributed by atoms with Crippen LogP contribution in [0.15, 0.2) is 46.0 Å². The van der Waals surface area contributed by atoms with Crippen LogP contribution in [0.1, 0.15) is 12.8 Å². The lowest BCUT2D eigenvalue weighted by Gasteiger charge is -2.38. The number of thiophene rings is 1. The van der Waals surface area contributed by atoms with E-state index in [1.54, 1.807) is 16.4 Å². The molecule has 2 aliphatic rings. The average Bonchev–Trinajstić information content (AvgIpc) is 2.92. The first-order valence-electron chi connectivity index (χ1n) is 6.10. The lowest BCUT2D eigenvalue weighted by molar-refractivity contribution is 0.242. The highest BCUT2D eigenvalue weighted by atomic mass is 32.2. The van der Waals surface area contributed by atoms with Gasteiger partial charge in [-0.25, -0.2) is 8.42 Å². The molecule has 3 rings (SSSR count). The fourth-order valence-corrected chi connectivity index (χ4v) is 5.44. The minimum atomic E-state index is -3.32. The highest BCUT2D eigenvalue weighted by Gasteiger charge is 2.37. The largest absolute Gasteiger partial charge is 0.253 e. The number of rotatable bonds is 2. The van der Waals surface area contributed by atoms with Crippen LogP contribution in [0.5, 0.6) is 0 Å². The molecule has 1 aromatic rings. The van der Waals surface area contributed by atoms with Gasteiger partial charge in [0.2, 0.25) is 0 Å². The Morgan fingerprint density at radius 3 is 2.89 bits per heavy atom. The average molecular weight is 281 g/mol. The first-order valence-corrected chi connectivity index (χ1v) is 8.42. The van der Waals surface area contributed by atoms with Crippen molar-refractivity contribution in [1.29, 1.82) is 0 Å². The zero-order valence-corrected chi connectivity index (χ0v) is 11.5. The normalized spacial score (nSPS) is 28.2. The van der Waals surface area contributed by atoms with Crippen molar-refractivity contribution >= 4 is 21.4 Å². The van der Waals surface area contributed by atoms with Crippen LogP contribution in [-0.2, 0) is 10.0 Å². The van der Waals surface area contributed by atoms with Crippen molar-refractivity contribution < 1.29 is 8.42 Å². The Bertz CT molecular complexity index is 572. The molecule has 0 bridgehead atoms. The second kappa shape index (κ2) is 4.64. The molecule has 0 radical (unpaired) electrons. The van der Waals surface area contributed by atoms with Crippen molar-refractivity contribution in [3.05, 3.63) is 41.8 Å². The van der Waals surface area contributed by atoms with Gasteiger partial charge in [0.25, 0.3) is 10.0 Å². The maximum atomic E-state index is 12.6. The second-order valence-electron chi connectivity index (χ2n) is 4.61. The van der Waals surface area contributed by atoms with Crippen LogP contribution < -0.4 is 0 Å². The molecular weight excluding hydrogens is 266 g/mol. The summed E-state index contributed by atoms with van der Waals surface area (Å²) in [6.07, 6.45) is 10.1. The Labute approximate surface area is 111 Å². The van der Waals surface area contributed by atoms with E-state index in [0.29, 0.717) is 16.7 Å². The van der Waals surface area contributed by atoms with Crippen LogP contribution >= 0.6 is 11.3 Å². The molecule has 18 heavy (non-hydrogen) atoms. The molecule has 1 fully saturated rings. The summed E-state index contributed by atoms with van der Waals surface area (Å²) in [6.45, 7) is 0.625. The molecular formula is C13H15NO2S2. The zero-order valence-electron chi connectivity index (χ0n) is 9.90. The number of piperidine rings is 1. The lowest BCUT2D eigenvalue weighted by atomic mass is 9.88. The topological polar surface area (TPSA) is 37.4 Å². The Morgan fingerprint density at radius 2 is 2.11 bits per heavy atom. The molecule has 2 atom stereocenters. The monoisotopic (exact) mass is 281 g/mol. The third kappa shape index (κ3) is 1.96. The van der Waals surface area contributed by atoms with Crippen LogP contribution in [-0.4, -0.2) is 25.3 Å². The summed E-state index contributed by atoms with van der Waals surface area (Å²) in [5.74, 6) is 0.332. The van der Waals surface area contributed by atoms with E-state index in [9.17, 15) is 8.42 Å². The molecule has 0 unspecified atom stereocenters. The number of hydrogen-bond donors (Lipinski definition) is 0. The number of sulfonamides is 1. The molecule has 5 heteroatoms. The predicted octanol–water partition coefficient (Wildman–Crippen LogP) is 2.64. The number of hydrogen-bond acceptors (Lipinski definition) is 3. The minimum absolute atomic E-state index is 0.00384. The van der Waals surface area contributed by atoms with Gasteiger partial charge in [-0.3, -0.25) is 0 Å². The van der Waals surface area contributed by atoms with Gasteiger partial charge in [-0.15, -0.1) is 11.3 Å². The molecule has 3 nitrogen and oxygen atoms in total. The van der Waals surface area contributed by atoms with Gasteiger partial charge in [-0.2, -0.15) is 4.31 Å². The van der Waals surface area contributed by atoms with E-state index >= 15 is 0 Å². The van der Waals surface area contributed by atoms with Crippen molar-refractivity contribution in [3.63, 3.8) is 0 Å². The van der Waals surface area contributed by atoms with Gasteiger partial charge >= 0.3 is 0 Å². The zero-order chi connectivity index (χ0) is 12.6. The second-order valence-corrected chi connectivity index (χ2v) is 7.68. The molecule has 1 aliphatic carbocycles. The SMILES string of the molecule is O=S(=O)(c1cccs1)N1CCC[C@H]2C=CC=C[C@H]21. The van der Waals surface area contributed by atoms with E-state index in [-0.39, 0.29) is 6.04 Å². The maximum Gasteiger partial charge on any atom is 0.253 e. The van der Waals surface area contributed by atoms with Gasteiger partial charge in [-0.1, -0.05) is 30.4 Å². The molecule has 96 valence electrons. The Balaban J connectivity index is 1.96. The first-order chi connectivity index (χ1) is 8.69. The summed E-state index contributed by atoms with van der Waals surface area (Å²) in [5, 5.41) is 1.81. The van der Waals surface area contributed by atoms with Crippen LogP contribution in [0.3, 0.4) is 0 Å². The van der Waals surface area contributed by atoms with E-state index in [0.717, 1.165) is 12.8 Å². The highest BCUT2D eigenvalue weighted by molar-refractivity contribution is 7.91. The van der Waals surface area contributed by atoms with E-state index in [4.69, 9.17) is 0 Å². The Kier molecular flexibility index (Phi) is 3.13. The first kappa shape index (κ1) is 12.1. The van der Waals surface area contributed by atoms with Gasteiger partial charge in [0, 0.05) is 12.6 Å². The van der Waals surface area contributed by atoms with Crippen molar-refractivity contribution in [2.75, 3.05) is 6.54 Å². The number of allylic oxidation sites excluding steroid dienone is 2. The fourth-order valence-electron chi connectivity index (χ4n) is 2.66. The van der Waals surface area contributed by atoms with Crippen LogP contribution in [0.4, 0.5) is 0 Å². The summed E-state index contributed by atoms with van der Waals surface area (Å²) < 4.78 is 27.3. The summed E-state index contributed by atoms with van der Waals surface area (Å²) in [4.78, 5) is 0. The molecule has 2 heterocycles. The third-order valence-electron chi connectivity index (χ3n) is 3.52. The van der Waals surface area contributed by atoms with Gasteiger partial charge < -0.3 is 0 Å². The highest BCUT2D eigenvalue weighted by Crippen LogP contribution is 2.33. The Morgan fingerprint density at radius 1 is 1.28 bits per heavy atom. The van der Waals surface area contributed by atoms with Gasteiger partial charge in [0.1, 0.15) is 4.21 Å². The number of nitrogens with zero attached hydrogens (tertiary/aromatic N) is 1. The summed E-state index contributed by atoms with van der Waals surface area (Å²) in [6, 6.07) is 3.47. The molecule has 0 aromatic carbocycles. The van der Waals surface area contributed by atoms with E-state index in [1.807, 2.05) is 23.6 Å². The van der Waals surface area contributed by atoms with Crippen LogP contribution in [0.2, 0.25) is 0 Å². The fraction of sp³-hybridized carbons (Fsp3) is 0.385. The van der Waals surface area contributed by atoms with Crippen molar-refractivity contribution in [3.8, 4) is 0 Å². The molecule has 0 amide bonds. The van der Waals surface area contributed by atoms with E-state index in [2.05, 4.69) is 6.08 Å². The minimum Gasteiger partial charge on any atom is -0.206 e. The summed E-state index contributed by atoms with van der Waals surface area (Å²) in [5.41, 5.74) is 0. The maximum absolute atomic E-state index is 12.6. The van der Waals surface area contributed by atoms with Gasteiger partial charge in [-0.05, 0) is 30.2 Å². The van der Waals surface area contributed by atoms with E-state index < -0.39 is 10.0 Å². The quantitative estimate of drug-likeness (QED) is 0.835. The van der Waals surface area contributed by atoms with Gasteiger partial charge in [0.05, 0.1) is 0 Å². The molecule has 0 saturated carbocycles. The van der Waals surface area contributed by atoms with Gasteiger partial charge in [0.15, 0.2) is 0 Å². The lowest BCUT2D eigenvalue weighted by Crippen LogP contribution is -2.47. The van der Waals surface area contributed by atoms with Crippen molar-refractivity contribution in [2.24, 2.45) is 5.92 Å². The molecule has 1 aliphatic heterocycles. The van der Waals surface area contributed by atoms with Crippen LogP contribution in [0, 0.1) is 5.92 Å². The molecule has 0 spiro atoms. The summed E-state index contributed by atoms with van der Waals surface area (Å²) >= 11 is 1.29. The third-order valence-corrected chi connectivity index (χ3v) is 6.79. The molecule has 0 N–H and O–H groups in total. The van der Waals surface area contributed by atoms with Crippen LogP contribution in [0.25, 0.3) is 0 Å². The molecule has 1 aromatic heterocycles. The number of fused-ring (bicyclic) bond motifs is 1. The van der Waals surface area contributed by atoms with Crippen molar-refractivity contribution in [2.45, 2.75) is 23.1 Å².